The lowest BCUT2D eigenvalue weighted by molar-refractivity contribution is -0.118. The number of phenolic OH excluding ortho intramolecular Hbond substituents is 1. The SMILES string of the molecule is O=C(COc1ccc(C(=O)/C=C/c2cccc(O)c2)cc1)Nc1ccccc1. The number of para-hydroxylation sites is 1. The Kier molecular flexibility index (Phi) is 6.21. The van der Waals surface area contributed by atoms with E-state index in [2.05, 4.69) is 5.32 Å². The molecule has 0 spiro atoms. The number of carbonyl (C=O) groups is 2. The molecule has 3 aromatic carbocycles. The third-order valence-electron chi connectivity index (χ3n) is 3.86. The number of aromatic hydroxyl groups is 1. The Morgan fingerprint density at radius 2 is 1.68 bits per heavy atom. The fourth-order valence-corrected chi connectivity index (χ4v) is 2.48. The molecule has 0 unspecified atom stereocenters. The quantitative estimate of drug-likeness (QED) is 0.478. The van der Waals surface area contributed by atoms with E-state index in [0.29, 0.717) is 17.0 Å². The number of rotatable bonds is 7. The summed E-state index contributed by atoms with van der Waals surface area (Å²) in [6, 6.07) is 22.3. The van der Waals surface area contributed by atoms with Crippen molar-refractivity contribution >= 4 is 23.5 Å². The van der Waals surface area contributed by atoms with Gasteiger partial charge in [-0.3, -0.25) is 9.59 Å². The average molecular weight is 373 g/mol. The number of phenols is 1. The van der Waals surface area contributed by atoms with Gasteiger partial charge in [-0.2, -0.15) is 0 Å². The molecule has 5 heteroatoms. The van der Waals surface area contributed by atoms with Crippen LogP contribution in [0, 0.1) is 0 Å². The molecule has 0 aliphatic rings. The third-order valence-corrected chi connectivity index (χ3v) is 3.86. The molecular weight excluding hydrogens is 354 g/mol. The molecule has 140 valence electrons. The van der Waals surface area contributed by atoms with Gasteiger partial charge in [0.2, 0.25) is 0 Å². The normalized spacial score (nSPS) is 10.6. The molecule has 0 aromatic heterocycles. The van der Waals surface area contributed by atoms with Crippen LogP contribution in [0.3, 0.4) is 0 Å². The van der Waals surface area contributed by atoms with Gasteiger partial charge in [0.25, 0.3) is 5.91 Å². The predicted octanol–water partition coefficient (Wildman–Crippen LogP) is 4.31. The first-order chi connectivity index (χ1) is 13.6. The molecule has 0 heterocycles. The van der Waals surface area contributed by atoms with E-state index >= 15 is 0 Å². The monoisotopic (exact) mass is 373 g/mol. The number of allylic oxidation sites excluding steroid dienone is 1. The number of carbonyl (C=O) groups excluding carboxylic acids is 2. The van der Waals surface area contributed by atoms with E-state index in [4.69, 9.17) is 4.74 Å². The molecule has 28 heavy (non-hydrogen) atoms. The predicted molar refractivity (Wildman–Crippen MR) is 108 cm³/mol. The van der Waals surface area contributed by atoms with Gasteiger partial charge in [0.1, 0.15) is 11.5 Å². The zero-order valence-electron chi connectivity index (χ0n) is 15.0. The fourth-order valence-electron chi connectivity index (χ4n) is 2.48. The molecule has 0 saturated heterocycles. The van der Waals surface area contributed by atoms with Crippen LogP contribution in [0.25, 0.3) is 6.08 Å². The number of amides is 1. The van der Waals surface area contributed by atoms with Crippen LogP contribution in [-0.4, -0.2) is 23.4 Å². The second-order valence-electron chi connectivity index (χ2n) is 6.02. The maximum atomic E-state index is 12.2. The largest absolute Gasteiger partial charge is 0.508 e. The minimum atomic E-state index is -0.264. The van der Waals surface area contributed by atoms with Crippen molar-refractivity contribution in [2.24, 2.45) is 0 Å². The van der Waals surface area contributed by atoms with Crippen LogP contribution in [0.2, 0.25) is 0 Å². The molecule has 0 radical (unpaired) electrons. The number of ether oxygens (including phenoxy) is 1. The second kappa shape index (κ2) is 9.19. The first-order valence-corrected chi connectivity index (χ1v) is 8.69. The van der Waals surface area contributed by atoms with Gasteiger partial charge in [-0.15, -0.1) is 0 Å². The van der Waals surface area contributed by atoms with Crippen molar-refractivity contribution in [1.82, 2.24) is 0 Å². The standard InChI is InChI=1S/C23H19NO4/c25-20-8-4-5-17(15-20)9-14-22(26)18-10-12-21(13-11-18)28-16-23(27)24-19-6-2-1-3-7-19/h1-15,25H,16H2,(H,24,27)/b14-9+. The number of anilines is 1. The van der Waals surface area contributed by atoms with E-state index in [1.807, 2.05) is 18.2 Å². The van der Waals surface area contributed by atoms with Crippen molar-refractivity contribution in [3.8, 4) is 11.5 Å². The van der Waals surface area contributed by atoms with E-state index in [1.54, 1.807) is 66.7 Å². The summed E-state index contributed by atoms with van der Waals surface area (Å²) < 4.78 is 5.45. The van der Waals surface area contributed by atoms with Gasteiger partial charge in [0.05, 0.1) is 0 Å². The Labute approximate surface area is 162 Å². The Morgan fingerprint density at radius 3 is 2.39 bits per heavy atom. The summed E-state index contributed by atoms with van der Waals surface area (Å²) in [5, 5.41) is 12.2. The van der Waals surface area contributed by atoms with E-state index in [9.17, 15) is 14.7 Å². The van der Waals surface area contributed by atoms with Crippen LogP contribution >= 0.6 is 0 Å². The minimum Gasteiger partial charge on any atom is -0.508 e. The summed E-state index contributed by atoms with van der Waals surface area (Å²) in [5.74, 6) is 0.209. The maximum Gasteiger partial charge on any atom is 0.262 e. The Bertz CT molecular complexity index is 979. The van der Waals surface area contributed by atoms with Crippen molar-refractivity contribution in [3.05, 3.63) is 96.1 Å². The smallest absolute Gasteiger partial charge is 0.262 e. The number of benzene rings is 3. The highest BCUT2D eigenvalue weighted by molar-refractivity contribution is 6.06. The van der Waals surface area contributed by atoms with E-state index < -0.39 is 0 Å². The van der Waals surface area contributed by atoms with E-state index in [-0.39, 0.29) is 24.0 Å². The van der Waals surface area contributed by atoms with Crippen molar-refractivity contribution in [2.45, 2.75) is 0 Å². The van der Waals surface area contributed by atoms with Crippen molar-refractivity contribution in [1.29, 1.82) is 0 Å². The molecule has 0 saturated carbocycles. The molecule has 0 bridgehead atoms. The van der Waals surface area contributed by atoms with Crippen LogP contribution in [0.5, 0.6) is 11.5 Å². The topological polar surface area (TPSA) is 75.6 Å². The number of nitrogens with one attached hydrogen (secondary N) is 1. The van der Waals surface area contributed by atoms with Gasteiger partial charge in [-0.05, 0) is 60.2 Å². The molecule has 1 amide bonds. The van der Waals surface area contributed by atoms with Gasteiger partial charge in [0, 0.05) is 11.3 Å². The highest BCUT2D eigenvalue weighted by Gasteiger charge is 2.05. The first kappa shape index (κ1) is 18.9. The molecule has 5 nitrogen and oxygen atoms in total. The third kappa shape index (κ3) is 5.57. The molecule has 3 rings (SSSR count). The lowest BCUT2D eigenvalue weighted by atomic mass is 10.1. The fraction of sp³-hybridized carbons (Fsp3) is 0.0435. The number of hydrogen-bond donors (Lipinski definition) is 2. The molecule has 0 aliphatic heterocycles. The highest BCUT2D eigenvalue weighted by Crippen LogP contribution is 2.15. The van der Waals surface area contributed by atoms with E-state index in [1.165, 1.54) is 6.08 Å². The number of hydrogen-bond acceptors (Lipinski definition) is 4. The van der Waals surface area contributed by atoms with Crippen LogP contribution in [0.15, 0.2) is 84.9 Å². The van der Waals surface area contributed by atoms with Gasteiger partial charge >= 0.3 is 0 Å². The highest BCUT2D eigenvalue weighted by atomic mass is 16.5. The summed E-state index contributed by atoms with van der Waals surface area (Å²) in [4.78, 5) is 24.1. The molecular formula is C23H19NO4. The molecule has 0 fully saturated rings. The zero-order chi connectivity index (χ0) is 19.8. The molecule has 2 N–H and O–H groups in total. The van der Waals surface area contributed by atoms with Crippen molar-refractivity contribution in [2.75, 3.05) is 11.9 Å². The Morgan fingerprint density at radius 1 is 0.929 bits per heavy atom. The van der Waals surface area contributed by atoms with Crippen LogP contribution in [0.1, 0.15) is 15.9 Å². The van der Waals surface area contributed by atoms with Crippen molar-refractivity contribution < 1.29 is 19.4 Å². The van der Waals surface area contributed by atoms with Gasteiger partial charge < -0.3 is 15.2 Å². The van der Waals surface area contributed by atoms with Crippen LogP contribution < -0.4 is 10.1 Å². The number of ketones is 1. The maximum absolute atomic E-state index is 12.2. The summed E-state index contributed by atoms with van der Waals surface area (Å²) in [6.45, 7) is -0.125. The summed E-state index contributed by atoms with van der Waals surface area (Å²) in [6.07, 6.45) is 3.08. The summed E-state index contributed by atoms with van der Waals surface area (Å²) in [5.41, 5.74) is 1.94. The summed E-state index contributed by atoms with van der Waals surface area (Å²) >= 11 is 0. The lowest BCUT2D eigenvalue weighted by Gasteiger charge is -2.07. The van der Waals surface area contributed by atoms with Gasteiger partial charge in [-0.1, -0.05) is 36.4 Å². The minimum absolute atomic E-state index is 0.125. The Hall–Kier alpha value is -3.86. The second-order valence-corrected chi connectivity index (χ2v) is 6.02. The lowest BCUT2D eigenvalue weighted by Crippen LogP contribution is -2.20. The van der Waals surface area contributed by atoms with E-state index in [0.717, 1.165) is 5.56 Å². The van der Waals surface area contributed by atoms with Crippen LogP contribution in [0.4, 0.5) is 5.69 Å². The zero-order valence-corrected chi connectivity index (χ0v) is 15.0. The Balaban J connectivity index is 1.52. The first-order valence-electron chi connectivity index (χ1n) is 8.69. The molecule has 0 atom stereocenters. The van der Waals surface area contributed by atoms with Crippen LogP contribution in [-0.2, 0) is 4.79 Å². The molecule has 0 aliphatic carbocycles. The van der Waals surface area contributed by atoms with Gasteiger partial charge in [0.15, 0.2) is 12.4 Å². The molecule has 3 aromatic rings. The summed E-state index contributed by atoms with van der Waals surface area (Å²) in [7, 11) is 0. The van der Waals surface area contributed by atoms with Gasteiger partial charge in [-0.25, -0.2) is 0 Å². The average Bonchev–Trinajstić information content (AvgIpc) is 2.72. The van der Waals surface area contributed by atoms with Crippen molar-refractivity contribution in [3.63, 3.8) is 0 Å².